The smallest absolute Gasteiger partial charge is 0.210 e. The second-order valence-electron chi connectivity index (χ2n) is 6.50. The first kappa shape index (κ1) is 18.8. The summed E-state index contributed by atoms with van der Waals surface area (Å²) in [6.07, 6.45) is 0. The molecule has 6 heteroatoms. The molecule has 0 atom stereocenters. The van der Waals surface area contributed by atoms with Crippen molar-refractivity contribution in [1.82, 2.24) is 10.2 Å². The molecule has 1 heterocycles. The molecule has 0 spiro atoms. The molecule has 1 aromatic heterocycles. The van der Waals surface area contributed by atoms with Crippen molar-refractivity contribution in [3.05, 3.63) is 101 Å². The van der Waals surface area contributed by atoms with E-state index in [1.807, 2.05) is 61.5 Å². The number of rotatable bonds is 7. The SMILES string of the molecule is Cc1ccc(Nc2nnc(COc3ccc(C(=O)c4ccccc4)cc3)s2)cc1. The number of benzene rings is 3. The zero-order chi connectivity index (χ0) is 20.1. The van der Waals surface area contributed by atoms with Crippen LogP contribution in [0.2, 0.25) is 0 Å². The third-order valence-electron chi connectivity index (χ3n) is 4.28. The van der Waals surface area contributed by atoms with Crippen molar-refractivity contribution in [2.24, 2.45) is 0 Å². The van der Waals surface area contributed by atoms with Crippen molar-refractivity contribution < 1.29 is 9.53 Å². The van der Waals surface area contributed by atoms with Gasteiger partial charge in [0.2, 0.25) is 5.13 Å². The maximum absolute atomic E-state index is 12.4. The van der Waals surface area contributed by atoms with E-state index in [4.69, 9.17) is 4.74 Å². The van der Waals surface area contributed by atoms with Crippen LogP contribution in [0.15, 0.2) is 78.9 Å². The molecule has 4 aromatic rings. The number of aryl methyl sites for hydroxylation is 1. The van der Waals surface area contributed by atoms with Crippen LogP contribution >= 0.6 is 11.3 Å². The van der Waals surface area contributed by atoms with Crippen molar-refractivity contribution in [3.8, 4) is 5.75 Å². The summed E-state index contributed by atoms with van der Waals surface area (Å²) in [5.41, 5.74) is 3.48. The van der Waals surface area contributed by atoms with E-state index in [-0.39, 0.29) is 5.78 Å². The molecule has 0 unspecified atom stereocenters. The average Bonchev–Trinajstić information content (AvgIpc) is 3.22. The Bertz CT molecular complexity index is 1090. The van der Waals surface area contributed by atoms with Crippen molar-refractivity contribution in [1.29, 1.82) is 0 Å². The molecule has 29 heavy (non-hydrogen) atoms. The van der Waals surface area contributed by atoms with Gasteiger partial charge in [0.1, 0.15) is 12.4 Å². The zero-order valence-corrected chi connectivity index (χ0v) is 16.6. The van der Waals surface area contributed by atoms with E-state index >= 15 is 0 Å². The lowest BCUT2D eigenvalue weighted by Crippen LogP contribution is -2.01. The Labute approximate surface area is 173 Å². The molecule has 0 fully saturated rings. The quantitative estimate of drug-likeness (QED) is 0.420. The number of ether oxygens (including phenoxy) is 1. The van der Waals surface area contributed by atoms with E-state index in [1.54, 1.807) is 24.3 Å². The van der Waals surface area contributed by atoms with Crippen LogP contribution in [0.5, 0.6) is 5.75 Å². The standard InChI is InChI=1S/C23H19N3O2S/c1-16-7-11-19(12-8-16)24-23-26-25-21(29-23)15-28-20-13-9-18(10-14-20)22(27)17-5-3-2-4-6-17/h2-14H,15H2,1H3,(H,24,26). The number of ketones is 1. The Kier molecular flexibility index (Phi) is 5.63. The van der Waals surface area contributed by atoms with Crippen LogP contribution in [0, 0.1) is 6.92 Å². The van der Waals surface area contributed by atoms with Gasteiger partial charge in [-0.3, -0.25) is 4.79 Å². The summed E-state index contributed by atoms with van der Waals surface area (Å²) < 4.78 is 5.78. The zero-order valence-electron chi connectivity index (χ0n) is 15.8. The fourth-order valence-electron chi connectivity index (χ4n) is 2.73. The Morgan fingerprint density at radius 2 is 1.59 bits per heavy atom. The van der Waals surface area contributed by atoms with Crippen molar-refractivity contribution in [3.63, 3.8) is 0 Å². The van der Waals surface area contributed by atoms with Gasteiger partial charge in [-0.2, -0.15) is 0 Å². The number of hydrogen-bond donors (Lipinski definition) is 1. The molecule has 0 radical (unpaired) electrons. The van der Waals surface area contributed by atoms with Crippen LogP contribution in [0.1, 0.15) is 26.5 Å². The predicted octanol–water partition coefficient (Wildman–Crippen LogP) is 5.40. The number of carbonyl (C=O) groups excluding carboxylic acids is 1. The Morgan fingerprint density at radius 1 is 0.897 bits per heavy atom. The highest BCUT2D eigenvalue weighted by Crippen LogP contribution is 2.23. The van der Waals surface area contributed by atoms with Crippen LogP contribution in [0.3, 0.4) is 0 Å². The summed E-state index contributed by atoms with van der Waals surface area (Å²) in [5, 5.41) is 13.0. The van der Waals surface area contributed by atoms with E-state index in [0.717, 1.165) is 15.8 Å². The second-order valence-corrected chi connectivity index (χ2v) is 7.56. The molecular formula is C23H19N3O2S. The van der Waals surface area contributed by atoms with E-state index in [9.17, 15) is 4.79 Å². The lowest BCUT2D eigenvalue weighted by molar-refractivity contribution is 0.103. The van der Waals surface area contributed by atoms with Crippen molar-refractivity contribution >= 4 is 27.9 Å². The molecule has 144 valence electrons. The average molecular weight is 401 g/mol. The number of anilines is 2. The summed E-state index contributed by atoms with van der Waals surface area (Å²) in [5.74, 6) is 0.672. The number of carbonyl (C=O) groups is 1. The van der Waals surface area contributed by atoms with Crippen LogP contribution in [0.4, 0.5) is 10.8 Å². The lowest BCUT2D eigenvalue weighted by atomic mass is 10.0. The number of aromatic nitrogens is 2. The van der Waals surface area contributed by atoms with Crippen LogP contribution in [-0.2, 0) is 6.61 Å². The normalized spacial score (nSPS) is 10.5. The highest BCUT2D eigenvalue weighted by molar-refractivity contribution is 7.15. The van der Waals surface area contributed by atoms with Gasteiger partial charge in [0.05, 0.1) is 0 Å². The Morgan fingerprint density at radius 3 is 2.31 bits per heavy atom. The predicted molar refractivity (Wildman–Crippen MR) is 115 cm³/mol. The molecule has 0 bridgehead atoms. The molecule has 0 aliphatic carbocycles. The monoisotopic (exact) mass is 401 g/mol. The van der Waals surface area contributed by atoms with E-state index < -0.39 is 0 Å². The van der Waals surface area contributed by atoms with Gasteiger partial charge in [-0.05, 0) is 43.3 Å². The summed E-state index contributed by atoms with van der Waals surface area (Å²) in [7, 11) is 0. The minimum absolute atomic E-state index is 0.00639. The van der Waals surface area contributed by atoms with Crippen molar-refractivity contribution in [2.45, 2.75) is 13.5 Å². The summed E-state index contributed by atoms with van der Waals surface area (Å²) in [6.45, 7) is 2.37. The lowest BCUT2D eigenvalue weighted by Gasteiger charge is -2.05. The molecule has 5 nitrogen and oxygen atoms in total. The van der Waals surface area contributed by atoms with Gasteiger partial charge in [0.15, 0.2) is 10.8 Å². The molecule has 0 saturated heterocycles. The fraction of sp³-hybridized carbons (Fsp3) is 0.0870. The first-order valence-electron chi connectivity index (χ1n) is 9.16. The highest BCUT2D eigenvalue weighted by Gasteiger charge is 2.09. The third kappa shape index (κ3) is 4.86. The van der Waals surface area contributed by atoms with E-state index in [2.05, 4.69) is 15.5 Å². The fourth-order valence-corrected chi connectivity index (χ4v) is 3.40. The maximum Gasteiger partial charge on any atom is 0.210 e. The van der Waals surface area contributed by atoms with E-state index in [0.29, 0.717) is 23.5 Å². The first-order valence-corrected chi connectivity index (χ1v) is 9.98. The molecule has 4 rings (SSSR count). The summed E-state index contributed by atoms with van der Waals surface area (Å²) in [4.78, 5) is 12.4. The van der Waals surface area contributed by atoms with Crippen LogP contribution < -0.4 is 10.1 Å². The molecule has 0 aliphatic rings. The van der Waals surface area contributed by atoms with Gasteiger partial charge in [-0.15, -0.1) is 10.2 Å². The molecule has 1 N–H and O–H groups in total. The first-order chi connectivity index (χ1) is 14.2. The van der Waals surface area contributed by atoms with Crippen LogP contribution in [0.25, 0.3) is 0 Å². The highest BCUT2D eigenvalue weighted by atomic mass is 32.1. The van der Waals surface area contributed by atoms with E-state index in [1.165, 1.54) is 16.9 Å². The van der Waals surface area contributed by atoms with Gasteiger partial charge in [-0.1, -0.05) is 59.4 Å². The minimum Gasteiger partial charge on any atom is -0.486 e. The summed E-state index contributed by atoms with van der Waals surface area (Å²) in [6, 6.07) is 24.5. The van der Waals surface area contributed by atoms with Crippen molar-refractivity contribution in [2.75, 3.05) is 5.32 Å². The topological polar surface area (TPSA) is 64.1 Å². The molecule has 0 amide bonds. The Hall–Kier alpha value is -3.51. The van der Waals surface area contributed by atoms with Crippen LogP contribution in [-0.4, -0.2) is 16.0 Å². The number of nitrogens with one attached hydrogen (secondary N) is 1. The molecular weight excluding hydrogens is 382 g/mol. The molecule has 3 aromatic carbocycles. The van der Waals surface area contributed by atoms with Gasteiger partial charge in [0.25, 0.3) is 0 Å². The Balaban J connectivity index is 1.34. The third-order valence-corrected chi connectivity index (χ3v) is 5.10. The molecule has 0 aliphatic heterocycles. The largest absolute Gasteiger partial charge is 0.486 e. The minimum atomic E-state index is -0.00639. The second kappa shape index (κ2) is 8.67. The van der Waals surface area contributed by atoms with Gasteiger partial charge < -0.3 is 10.1 Å². The summed E-state index contributed by atoms with van der Waals surface area (Å²) >= 11 is 1.44. The molecule has 0 saturated carbocycles. The van der Waals surface area contributed by atoms with Gasteiger partial charge in [0, 0.05) is 16.8 Å². The maximum atomic E-state index is 12.4. The number of hydrogen-bond acceptors (Lipinski definition) is 6. The van der Waals surface area contributed by atoms with Gasteiger partial charge in [-0.25, -0.2) is 0 Å². The number of nitrogens with zero attached hydrogens (tertiary/aromatic N) is 2. The van der Waals surface area contributed by atoms with Gasteiger partial charge >= 0.3 is 0 Å².